The monoisotopic (exact) mass is 431 g/mol. The molecule has 2 fully saturated rings. The molecule has 0 aromatic heterocycles. The molecule has 0 spiro atoms. The van der Waals surface area contributed by atoms with Gasteiger partial charge in [-0.25, -0.2) is 0 Å². The van der Waals surface area contributed by atoms with Gasteiger partial charge in [0, 0.05) is 30.7 Å². The molecule has 3 rings (SSSR count). The maximum Gasteiger partial charge on any atom is 0.304 e. The van der Waals surface area contributed by atoms with Crippen molar-refractivity contribution < 1.29 is 19.4 Å². The number of carbonyl (C=O) groups is 2. The molecule has 156 valence electrons. The van der Waals surface area contributed by atoms with E-state index in [2.05, 4.69) is 10.2 Å². The van der Waals surface area contributed by atoms with Crippen molar-refractivity contribution in [2.24, 2.45) is 0 Å². The van der Waals surface area contributed by atoms with Gasteiger partial charge in [0.25, 0.3) is 5.91 Å². The van der Waals surface area contributed by atoms with Crippen LogP contribution in [0.25, 0.3) is 0 Å². The van der Waals surface area contributed by atoms with Crippen LogP contribution in [-0.2, 0) is 4.79 Å². The number of rotatable bonds is 6. The number of halogens is 2. The zero-order valence-corrected chi connectivity index (χ0v) is 17.4. The minimum atomic E-state index is -0.768. The van der Waals surface area contributed by atoms with Crippen LogP contribution in [0.15, 0.2) is 12.1 Å². The number of methoxy groups -OCH3 is 1. The van der Waals surface area contributed by atoms with Gasteiger partial charge >= 0.3 is 5.97 Å². The van der Waals surface area contributed by atoms with Gasteiger partial charge in [-0.2, -0.15) is 0 Å². The Balaban J connectivity index is 0.00000280. The largest absolute Gasteiger partial charge is 0.496 e. The fourth-order valence-corrected chi connectivity index (χ4v) is 4.53. The number of nitrogens with zero attached hydrogens (tertiary/aromatic N) is 1. The lowest BCUT2D eigenvalue weighted by Crippen LogP contribution is -2.57. The number of carboxylic acid groups (broad SMARTS) is 1. The van der Waals surface area contributed by atoms with Crippen molar-refractivity contribution in [3.63, 3.8) is 0 Å². The molecule has 2 atom stereocenters. The Morgan fingerprint density at radius 1 is 1.32 bits per heavy atom. The van der Waals surface area contributed by atoms with Gasteiger partial charge in [-0.15, -0.1) is 12.4 Å². The maximum absolute atomic E-state index is 12.8. The lowest BCUT2D eigenvalue weighted by atomic mass is 9.81. The highest BCUT2D eigenvalue weighted by Crippen LogP contribution is 2.35. The molecule has 2 aliphatic rings. The first-order valence-electron chi connectivity index (χ1n) is 9.30. The molecular formula is C19H27Cl2N3O4. The van der Waals surface area contributed by atoms with Crippen LogP contribution in [0.2, 0.25) is 5.02 Å². The van der Waals surface area contributed by atoms with E-state index >= 15 is 0 Å². The van der Waals surface area contributed by atoms with E-state index in [0.717, 1.165) is 32.1 Å². The van der Waals surface area contributed by atoms with Gasteiger partial charge in [-0.05, 0) is 31.7 Å². The van der Waals surface area contributed by atoms with E-state index in [1.807, 2.05) is 0 Å². The number of nitrogens with two attached hydrogens (primary N) is 1. The molecule has 0 aliphatic carbocycles. The summed E-state index contributed by atoms with van der Waals surface area (Å²) in [4.78, 5) is 26.0. The number of nitrogen functional groups attached to an aromatic ring is 1. The smallest absolute Gasteiger partial charge is 0.304 e. The molecule has 1 aromatic rings. The van der Waals surface area contributed by atoms with Crippen molar-refractivity contribution in [3.8, 4) is 5.75 Å². The van der Waals surface area contributed by atoms with E-state index in [4.69, 9.17) is 27.2 Å². The maximum atomic E-state index is 12.8. The van der Waals surface area contributed by atoms with Gasteiger partial charge in [-0.1, -0.05) is 18.0 Å². The topological polar surface area (TPSA) is 105 Å². The summed E-state index contributed by atoms with van der Waals surface area (Å²) < 4.78 is 5.27. The minimum absolute atomic E-state index is 0. The molecule has 4 N–H and O–H groups in total. The molecule has 28 heavy (non-hydrogen) atoms. The van der Waals surface area contributed by atoms with Crippen LogP contribution in [0.5, 0.6) is 5.75 Å². The molecule has 0 radical (unpaired) electrons. The van der Waals surface area contributed by atoms with Crippen molar-refractivity contribution >= 4 is 41.6 Å². The van der Waals surface area contributed by atoms with E-state index in [0.29, 0.717) is 40.7 Å². The zero-order valence-electron chi connectivity index (χ0n) is 15.8. The molecule has 2 heterocycles. The van der Waals surface area contributed by atoms with E-state index in [9.17, 15) is 9.59 Å². The van der Waals surface area contributed by atoms with Crippen molar-refractivity contribution in [2.45, 2.75) is 56.7 Å². The van der Waals surface area contributed by atoms with Gasteiger partial charge in [-0.3, -0.25) is 14.5 Å². The fraction of sp³-hybridized carbons (Fsp3) is 0.579. The summed E-state index contributed by atoms with van der Waals surface area (Å²) in [5.74, 6) is -0.597. The molecule has 2 aliphatic heterocycles. The van der Waals surface area contributed by atoms with Gasteiger partial charge in [0.2, 0.25) is 0 Å². The Morgan fingerprint density at radius 3 is 2.54 bits per heavy atom. The fourth-order valence-electron chi connectivity index (χ4n) is 4.36. The summed E-state index contributed by atoms with van der Waals surface area (Å²) in [7, 11) is 1.49. The Kier molecular flexibility index (Phi) is 7.80. The quantitative estimate of drug-likeness (QED) is 0.597. The predicted octanol–water partition coefficient (Wildman–Crippen LogP) is 2.94. The summed E-state index contributed by atoms with van der Waals surface area (Å²) in [6, 6.07) is 3.78. The summed E-state index contributed by atoms with van der Waals surface area (Å²) in [6.45, 7) is 0.576. The van der Waals surface area contributed by atoms with Crippen LogP contribution >= 0.6 is 24.0 Å². The first-order chi connectivity index (χ1) is 12.9. The summed E-state index contributed by atoms with van der Waals surface area (Å²) in [5, 5.41) is 12.4. The van der Waals surface area contributed by atoms with E-state index in [-0.39, 0.29) is 30.8 Å². The molecule has 1 amide bonds. The van der Waals surface area contributed by atoms with Crippen molar-refractivity contribution in [1.29, 1.82) is 0 Å². The summed E-state index contributed by atoms with van der Waals surface area (Å²) in [5.41, 5.74) is 6.52. The van der Waals surface area contributed by atoms with Crippen LogP contribution in [0.4, 0.5) is 5.69 Å². The second-order valence-corrected chi connectivity index (χ2v) is 7.74. The number of anilines is 1. The highest BCUT2D eigenvalue weighted by Gasteiger charge is 2.38. The molecular weight excluding hydrogens is 405 g/mol. The minimum Gasteiger partial charge on any atom is -0.496 e. The number of hydrogen-bond acceptors (Lipinski definition) is 5. The van der Waals surface area contributed by atoms with Crippen LogP contribution in [0.3, 0.4) is 0 Å². The number of piperidine rings is 2. The number of fused-ring (bicyclic) bond motifs is 2. The number of nitrogens with one attached hydrogen (secondary N) is 1. The lowest BCUT2D eigenvalue weighted by molar-refractivity contribution is -0.138. The number of aliphatic carboxylic acids is 1. The molecule has 2 unspecified atom stereocenters. The molecule has 9 heteroatoms. The van der Waals surface area contributed by atoms with Crippen molar-refractivity contribution in [2.75, 3.05) is 19.4 Å². The normalized spacial score (nSPS) is 24.1. The number of hydrogen-bond donors (Lipinski definition) is 3. The van der Waals surface area contributed by atoms with E-state index < -0.39 is 5.97 Å². The summed E-state index contributed by atoms with van der Waals surface area (Å²) >= 11 is 6.07. The number of amides is 1. The summed E-state index contributed by atoms with van der Waals surface area (Å²) in [6.07, 6.45) is 5.05. The van der Waals surface area contributed by atoms with Gasteiger partial charge in [0.15, 0.2) is 0 Å². The lowest BCUT2D eigenvalue weighted by Gasteiger charge is -2.49. The second-order valence-electron chi connectivity index (χ2n) is 7.34. The SMILES string of the molecule is COc1cc(N)c(Cl)cc1C(=O)NC1CC2CCCC(C1)N2CCC(=O)O.Cl. The Bertz CT molecular complexity index is 717. The highest BCUT2D eigenvalue weighted by atomic mass is 35.5. The van der Waals surface area contributed by atoms with Crippen molar-refractivity contribution in [1.82, 2.24) is 10.2 Å². The number of carboxylic acids is 1. The molecule has 2 bridgehead atoms. The molecule has 2 saturated heterocycles. The zero-order chi connectivity index (χ0) is 19.6. The van der Waals surface area contributed by atoms with Crippen LogP contribution in [-0.4, -0.2) is 53.7 Å². The highest BCUT2D eigenvalue weighted by molar-refractivity contribution is 6.33. The van der Waals surface area contributed by atoms with Crippen LogP contribution < -0.4 is 15.8 Å². The van der Waals surface area contributed by atoms with Gasteiger partial charge < -0.3 is 20.9 Å². The van der Waals surface area contributed by atoms with Gasteiger partial charge in [0.05, 0.1) is 29.8 Å². The van der Waals surface area contributed by atoms with Gasteiger partial charge in [0.1, 0.15) is 5.75 Å². The Hall–Kier alpha value is -1.70. The molecule has 0 saturated carbocycles. The first kappa shape index (κ1) is 22.6. The Labute approximate surface area is 176 Å². The average Bonchev–Trinajstić information content (AvgIpc) is 2.61. The van der Waals surface area contributed by atoms with E-state index in [1.165, 1.54) is 13.2 Å². The van der Waals surface area contributed by atoms with E-state index in [1.54, 1.807) is 6.07 Å². The average molecular weight is 432 g/mol. The van der Waals surface area contributed by atoms with Crippen LogP contribution in [0, 0.1) is 0 Å². The molecule has 1 aromatic carbocycles. The number of carbonyl (C=O) groups excluding carboxylic acids is 1. The van der Waals surface area contributed by atoms with Crippen LogP contribution in [0.1, 0.15) is 48.9 Å². The number of benzene rings is 1. The predicted molar refractivity (Wildman–Crippen MR) is 111 cm³/mol. The molecule has 7 nitrogen and oxygen atoms in total. The number of ether oxygens (including phenoxy) is 1. The standard InChI is InChI=1S/C19H26ClN3O4.ClH/c1-27-17-10-16(21)15(20)9-14(17)19(26)22-11-7-12-3-2-4-13(8-11)23(12)6-5-18(24)25;/h9-13H,2-8,21H2,1H3,(H,22,26)(H,24,25);1H. The second kappa shape index (κ2) is 9.67. The first-order valence-corrected chi connectivity index (χ1v) is 9.68. The van der Waals surface area contributed by atoms with Crippen molar-refractivity contribution in [3.05, 3.63) is 22.7 Å². The third-order valence-corrected chi connectivity index (χ3v) is 5.94. The third-order valence-electron chi connectivity index (χ3n) is 5.61. The third kappa shape index (κ3) is 5.01. The Morgan fingerprint density at radius 2 is 1.96 bits per heavy atom.